The molecule has 0 amide bonds. The zero-order chi connectivity index (χ0) is 18.0. The van der Waals surface area contributed by atoms with Crippen molar-refractivity contribution >= 4 is 14.1 Å². The molecule has 2 atom stereocenters. The van der Waals surface area contributed by atoms with Gasteiger partial charge < -0.3 is 0 Å². The topological polar surface area (TPSA) is 35.5 Å². The summed E-state index contributed by atoms with van der Waals surface area (Å²) in [4.78, 5) is 18.2. The van der Waals surface area contributed by atoms with Crippen LogP contribution in [0, 0.1) is 6.92 Å². The molecule has 4 heteroatoms. The summed E-state index contributed by atoms with van der Waals surface area (Å²) in [6, 6.07) is 9.56. The molecule has 134 valence electrons. The maximum absolute atomic E-state index is 12.1. The van der Waals surface area contributed by atoms with Crippen molar-refractivity contribution in [1.82, 2.24) is 0 Å². The van der Waals surface area contributed by atoms with E-state index < -0.39 is 13.9 Å². The van der Waals surface area contributed by atoms with Gasteiger partial charge in [-0.05, 0) is 62.9 Å². The summed E-state index contributed by atoms with van der Waals surface area (Å²) in [7, 11) is -1.81. The van der Waals surface area contributed by atoms with E-state index in [1.165, 1.54) is 5.56 Å². The molecule has 24 heavy (non-hydrogen) atoms. The molecule has 3 nitrogen and oxygen atoms in total. The Bertz CT molecular complexity index is 586. The van der Waals surface area contributed by atoms with Crippen molar-refractivity contribution in [3.8, 4) is 0 Å². The van der Waals surface area contributed by atoms with Gasteiger partial charge >= 0.3 is 0 Å². The zero-order valence-corrected chi connectivity index (χ0v) is 17.1. The van der Waals surface area contributed by atoms with Crippen LogP contribution in [0.2, 0.25) is 18.1 Å². The van der Waals surface area contributed by atoms with Crippen LogP contribution in [0.25, 0.3) is 0 Å². The van der Waals surface area contributed by atoms with Crippen LogP contribution in [0.15, 0.2) is 18.2 Å². The summed E-state index contributed by atoms with van der Waals surface area (Å²) in [5.74, 6) is 0.228. The lowest BCUT2D eigenvalue weighted by Gasteiger charge is -2.40. The SMILES string of the molecule is CC[Si](CC)(CC)OOC1(C)CCC(C(C)=O)c2cc(C)ccc21. The Balaban J connectivity index is 2.34. The molecule has 0 aliphatic heterocycles. The van der Waals surface area contributed by atoms with Crippen LogP contribution in [0.3, 0.4) is 0 Å². The first-order valence-electron chi connectivity index (χ1n) is 9.29. The van der Waals surface area contributed by atoms with Gasteiger partial charge in [-0.3, -0.25) is 9.37 Å². The fourth-order valence-corrected chi connectivity index (χ4v) is 5.99. The summed E-state index contributed by atoms with van der Waals surface area (Å²) in [6.45, 7) is 12.5. The number of carbonyl (C=O) groups excluding carboxylic acids is 1. The lowest BCUT2D eigenvalue weighted by atomic mass is 9.73. The molecule has 1 aromatic rings. The van der Waals surface area contributed by atoms with Crippen LogP contribution in [-0.4, -0.2) is 14.1 Å². The highest BCUT2D eigenvalue weighted by atomic mass is 28.4. The van der Waals surface area contributed by atoms with Crippen LogP contribution >= 0.6 is 0 Å². The van der Waals surface area contributed by atoms with Crippen molar-refractivity contribution in [3.63, 3.8) is 0 Å². The minimum Gasteiger partial charge on any atom is -0.299 e. The smallest absolute Gasteiger partial charge is 0.238 e. The van der Waals surface area contributed by atoms with Gasteiger partial charge in [-0.2, -0.15) is 0 Å². The van der Waals surface area contributed by atoms with E-state index in [1.54, 1.807) is 6.92 Å². The van der Waals surface area contributed by atoms with Gasteiger partial charge in [0.15, 0.2) is 0 Å². The van der Waals surface area contributed by atoms with Crippen LogP contribution in [0.5, 0.6) is 0 Å². The molecule has 1 aliphatic rings. The molecule has 1 aromatic carbocycles. The Labute approximate surface area is 147 Å². The summed E-state index contributed by atoms with van der Waals surface area (Å²) in [5.41, 5.74) is 2.96. The molecule has 0 bridgehead atoms. The number of benzene rings is 1. The van der Waals surface area contributed by atoms with Gasteiger partial charge in [0.05, 0.1) is 0 Å². The fraction of sp³-hybridized carbons (Fsp3) is 0.650. The molecule has 1 aliphatic carbocycles. The number of Topliss-reactive ketones (excluding diaryl/α,β-unsaturated/α-hetero) is 1. The first kappa shape index (κ1) is 19.4. The second-order valence-electron chi connectivity index (χ2n) is 7.43. The van der Waals surface area contributed by atoms with Crippen molar-refractivity contribution in [3.05, 3.63) is 34.9 Å². The van der Waals surface area contributed by atoms with Gasteiger partial charge in [-0.1, -0.05) is 44.5 Å². The van der Waals surface area contributed by atoms with E-state index in [1.807, 2.05) is 0 Å². The monoisotopic (exact) mass is 348 g/mol. The van der Waals surface area contributed by atoms with Crippen LogP contribution in [0.1, 0.15) is 70.1 Å². The maximum atomic E-state index is 12.1. The highest BCUT2D eigenvalue weighted by Crippen LogP contribution is 2.45. The first-order chi connectivity index (χ1) is 11.3. The van der Waals surface area contributed by atoms with Crippen LogP contribution in [0.4, 0.5) is 0 Å². The van der Waals surface area contributed by atoms with Crippen molar-refractivity contribution in [2.75, 3.05) is 0 Å². The lowest BCUT2D eigenvalue weighted by Crippen LogP contribution is -2.41. The van der Waals surface area contributed by atoms with E-state index in [2.05, 4.69) is 52.8 Å². The Morgan fingerprint density at radius 1 is 1.25 bits per heavy atom. The van der Waals surface area contributed by atoms with Gasteiger partial charge in [0.2, 0.25) is 8.32 Å². The van der Waals surface area contributed by atoms with Gasteiger partial charge in [-0.25, -0.2) is 4.89 Å². The molecule has 2 rings (SSSR count). The average Bonchev–Trinajstić information content (AvgIpc) is 2.56. The molecular formula is C20H32O3Si. The van der Waals surface area contributed by atoms with E-state index in [4.69, 9.17) is 9.46 Å². The molecule has 2 unspecified atom stereocenters. The number of hydrogen-bond donors (Lipinski definition) is 0. The molecule has 0 aromatic heterocycles. The van der Waals surface area contributed by atoms with Crippen molar-refractivity contribution in [2.45, 2.75) is 84.0 Å². The predicted octanol–water partition coefficient (Wildman–Crippen LogP) is 5.63. The first-order valence-corrected chi connectivity index (χ1v) is 11.8. The largest absolute Gasteiger partial charge is 0.299 e. The third-order valence-electron chi connectivity index (χ3n) is 5.89. The van der Waals surface area contributed by atoms with Crippen molar-refractivity contribution < 1.29 is 14.3 Å². The average molecular weight is 349 g/mol. The Hall–Kier alpha value is -0.973. The normalized spacial score (nSPS) is 23.8. The van der Waals surface area contributed by atoms with Gasteiger partial charge in [-0.15, -0.1) is 0 Å². The summed E-state index contributed by atoms with van der Waals surface area (Å²) < 4.78 is 6.16. The number of carbonyl (C=O) groups is 1. The molecule has 0 heterocycles. The second kappa shape index (κ2) is 7.50. The number of rotatable bonds is 7. The van der Waals surface area contributed by atoms with Crippen molar-refractivity contribution in [2.24, 2.45) is 0 Å². The molecule has 0 saturated heterocycles. The highest BCUT2D eigenvalue weighted by molar-refractivity contribution is 6.73. The number of fused-ring (bicyclic) bond motifs is 1. The summed E-state index contributed by atoms with van der Waals surface area (Å²) in [6.07, 6.45) is 1.64. The van der Waals surface area contributed by atoms with Crippen molar-refractivity contribution in [1.29, 1.82) is 0 Å². The quantitative estimate of drug-likeness (QED) is 0.364. The summed E-state index contributed by atoms with van der Waals surface area (Å²) >= 11 is 0. The summed E-state index contributed by atoms with van der Waals surface area (Å²) in [5, 5.41) is 0. The lowest BCUT2D eigenvalue weighted by molar-refractivity contribution is -0.308. The second-order valence-corrected chi connectivity index (χ2v) is 12.1. The van der Waals surface area contributed by atoms with E-state index in [9.17, 15) is 4.79 Å². The Morgan fingerprint density at radius 2 is 1.88 bits per heavy atom. The minimum atomic E-state index is -1.81. The van der Waals surface area contributed by atoms with E-state index in [0.717, 1.165) is 42.1 Å². The number of hydrogen-bond acceptors (Lipinski definition) is 3. The van der Waals surface area contributed by atoms with E-state index in [0.29, 0.717) is 0 Å². The predicted molar refractivity (Wildman–Crippen MR) is 101 cm³/mol. The molecule has 0 saturated carbocycles. The zero-order valence-electron chi connectivity index (χ0n) is 16.1. The maximum Gasteiger partial charge on any atom is 0.238 e. The standard InChI is InChI=1S/C20H32O3Si/c1-7-24(8-2,9-3)23-22-20(6)13-12-17(16(5)21)18-14-15(4)10-11-19(18)20/h10-11,14,17H,7-9,12-13H2,1-6H3. The number of ketones is 1. The molecule has 0 fully saturated rings. The van der Waals surface area contributed by atoms with Gasteiger partial charge in [0, 0.05) is 5.92 Å². The molecule has 0 radical (unpaired) electrons. The van der Waals surface area contributed by atoms with Gasteiger partial charge in [0.25, 0.3) is 0 Å². The molecular weight excluding hydrogens is 316 g/mol. The minimum absolute atomic E-state index is 0.0119. The fourth-order valence-electron chi connectivity index (χ4n) is 3.78. The Morgan fingerprint density at radius 3 is 2.42 bits per heavy atom. The molecule has 0 N–H and O–H groups in total. The Kier molecular flexibility index (Phi) is 6.05. The third kappa shape index (κ3) is 3.66. The number of aryl methyl sites for hydroxylation is 1. The highest BCUT2D eigenvalue weighted by Gasteiger charge is 2.42. The third-order valence-corrected chi connectivity index (χ3v) is 10.2. The van der Waals surface area contributed by atoms with Crippen LogP contribution in [-0.2, 0) is 19.9 Å². The van der Waals surface area contributed by atoms with E-state index in [-0.39, 0.29) is 11.7 Å². The van der Waals surface area contributed by atoms with E-state index >= 15 is 0 Å². The molecule has 0 spiro atoms. The van der Waals surface area contributed by atoms with Gasteiger partial charge in [0.1, 0.15) is 11.4 Å². The van der Waals surface area contributed by atoms with Crippen LogP contribution < -0.4 is 0 Å².